The first-order valence-corrected chi connectivity index (χ1v) is 10.2. The Morgan fingerprint density at radius 1 is 1.10 bits per heavy atom. The van der Waals surface area contributed by atoms with E-state index in [1.165, 1.54) is 18.2 Å². The second-order valence-corrected chi connectivity index (χ2v) is 7.99. The van der Waals surface area contributed by atoms with Gasteiger partial charge in [0.1, 0.15) is 17.5 Å². The minimum absolute atomic E-state index is 0.0110. The summed E-state index contributed by atoms with van der Waals surface area (Å²) < 4.78 is 28.2. The Hall–Kier alpha value is -4.10. The number of rotatable bonds is 5. The number of hydrogen-bond acceptors (Lipinski definition) is 7. The molecule has 0 radical (unpaired) electrons. The van der Waals surface area contributed by atoms with E-state index < -0.39 is 15.6 Å². The fourth-order valence-corrected chi connectivity index (χ4v) is 3.74. The van der Waals surface area contributed by atoms with E-state index >= 15 is 0 Å². The van der Waals surface area contributed by atoms with Crippen LogP contribution in [-0.2, 0) is 10.0 Å². The molecule has 3 rings (SSSR count). The quantitative estimate of drug-likeness (QED) is 0.534. The molecule has 0 fully saturated rings. The fourth-order valence-electron chi connectivity index (χ4n) is 2.66. The van der Waals surface area contributed by atoms with E-state index in [1.807, 2.05) is 0 Å². The first kappa shape index (κ1) is 20.6. The zero-order chi connectivity index (χ0) is 21.9. The van der Waals surface area contributed by atoms with Gasteiger partial charge >= 0.3 is 0 Å². The summed E-state index contributed by atoms with van der Waals surface area (Å²) in [7, 11) is -3.70. The summed E-state index contributed by atoms with van der Waals surface area (Å²) in [5, 5.41) is 13.3. The first-order valence-electron chi connectivity index (χ1n) is 8.68. The van der Waals surface area contributed by atoms with E-state index in [1.54, 1.807) is 55.5 Å². The highest BCUT2D eigenvalue weighted by atomic mass is 32.2. The summed E-state index contributed by atoms with van der Waals surface area (Å²) in [6, 6.07) is 17.5. The smallest absolute Gasteiger partial charge is 0.292 e. The monoisotopic (exact) mass is 422 g/mol. The van der Waals surface area contributed by atoms with Crippen molar-refractivity contribution in [3.05, 3.63) is 82.1 Å². The van der Waals surface area contributed by atoms with Crippen molar-refractivity contribution in [3.63, 3.8) is 0 Å². The van der Waals surface area contributed by atoms with Crippen LogP contribution in [0.15, 0.2) is 75.5 Å². The average Bonchev–Trinajstić information content (AvgIpc) is 2.72. The highest BCUT2D eigenvalue weighted by molar-refractivity contribution is 7.92. The molecular weight excluding hydrogens is 404 g/mol. The van der Waals surface area contributed by atoms with Gasteiger partial charge in [-0.2, -0.15) is 15.0 Å². The Morgan fingerprint density at radius 2 is 1.73 bits per heavy atom. The molecule has 152 valence electrons. The predicted octanol–water partition coefficient (Wildman–Crippen LogP) is 1.96. The lowest BCUT2D eigenvalue weighted by Gasteiger charge is -2.10. The average molecular weight is 422 g/mol. The molecule has 0 saturated heterocycles. The van der Waals surface area contributed by atoms with Gasteiger partial charge in [-0.1, -0.05) is 30.3 Å². The molecule has 5 N–H and O–H groups in total. The van der Waals surface area contributed by atoms with Crippen LogP contribution in [0.25, 0.3) is 0 Å². The van der Waals surface area contributed by atoms with E-state index in [4.69, 9.17) is 16.7 Å². The molecule has 0 amide bonds. The summed E-state index contributed by atoms with van der Waals surface area (Å²) >= 11 is 0. The molecule has 0 unspecified atom stereocenters. The predicted molar refractivity (Wildman–Crippen MR) is 116 cm³/mol. The molecule has 0 atom stereocenters. The minimum atomic E-state index is -3.70. The Morgan fingerprint density at radius 3 is 2.33 bits per heavy atom. The number of nitrogens with one attached hydrogen (secondary N) is 1. The van der Waals surface area contributed by atoms with Crippen molar-refractivity contribution in [2.45, 2.75) is 11.8 Å². The summed E-state index contributed by atoms with van der Waals surface area (Å²) in [5.74, 6) is -0.0110. The summed E-state index contributed by atoms with van der Waals surface area (Å²) in [4.78, 5) is 12.5. The number of benzene rings is 2. The molecule has 0 bridgehead atoms. The van der Waals surface area contributed by atoms with Gasteiger partial charge in [0, 0.05) is 11.8 Å². The van der Waals surface area contributed by atoms with Gasteiger partial charge in [-0.05, 0) is 36.8 Å². The molecule has 1 aromatic heterocycles. The minimum Gasteiger partial charge on any atom is -0.397 e. The van der Waals surface area contributed by atoms with Gasteiger partial charge in [-0.15, -0.1) is 0 Å². The van der Waals surface area contributed by atoms with E-state index in [9.17, 15) is 13.2 Å². The lowest BCUT2D eigenvalue weighted by Crippen LogP contribution is -2.24. The van der Waals surface area contributed by atoms with Crippen molar-refractivity contribution in [2.24, 2.45) is 5.10 Å². The van der Waals surface area contributed by atoms with Crippen molar-refractivity contribution in [2.75, 3.05) is 16.2 Å². The van der Waals surface area contributed by atoms with Gasteiger partial charge in [0.25, 0.3) is 15.6 Å². The van der Waals surface area contributed by atoms with Gasteiger partial charge in [-0.3, -0.25) is 9.52 Å². The Bertz CT molecular complexity index is 1320. The van der Waals surface area contributed by atoms with Crippen LogP contribution < -0.4 is 21.7 Å². The molecule has 30 heavy (non-hydrogen) atoms. The van der Waals surface area contributed by atoms with Gasteiger partial charge in [0.15, 0.2) is 0 Å². The number of aromatic nitrogens is 1. The molecule has 3 aromatic rings. The zero-order valence-electron chi connectivity index (χ0n) is 15.9. The van der Waals surface area contributed by atoms with Crippen LogP contribution in [0.4, 0.5) is 17.2 Å². The number of nitrogen functional groups attached to an aromatic ring is 2. The van der Waals surface area contributed by atoms with Crippen molar-refractivity contribution in [1.29, 1.82) is 5.26 Å². The van der Waals surface area contributed by atoms with E-state index in [0.717, 1.165) is 4.68 Å². The number of nitrogens with two attached hydrogens (primary N) is 2. The molecule has 9 nitrogen and oxygen atoms in total. The van der Waals surface area contributed by atoms with Crippen LogP contribution in [-0.4, -0.2) is 18.8 Å². The number of nitriles is 1. The molecule has 1 heterocycles. The highest BCUT2D eigenvalue weighted by Crippen LogP contribution is 2.17. The SMILES string of the molecule is C/C(=N/n1c(N)cc(N)c(C#N)c1=O)c1ccc(NS(=O)(=O)c2ccccc2)cc1. The van der Waals surface area contributed by atoms with Crippen molar-refractivity contribution in [1.82, 2.24) is 4.68 Å². The third-order valence-electron chi connectivity index (χ3n) is 4.21. The maximum Gasteiger partial charge on any atom is 0.292 e. The van der Waals surface area contributed by atoms with Crippen LogP contribution >= 0.6 is 0 Å². The zero-order valence-corrected chi connectivity index (χ0v) is 16.7. The molecule has 10 heteroatoms. The van der Waals surface area contributed by atoms with Crippen LogP contribution in [0.2, 0.25) is 0 Å². The summed E-state index contributed by atoms with van der Waals surface area (Å²) in [5.41, 5.74) is 11.9. The lowest BCUT2D eigenvalue weighted by molar-refractivity contribution is 0.601. The lowest BCUT2D eigenvalue weighted by atomic mass is 10.1. The first-order chi connectivity index (χ1) is 14.2. The maximum atomic E-state index is 12.4. The van der Waals surface area contributed by atoms with Crippen LogP contribution in [0.3, 0.4) is 0 Å². The van der Waals surface area contributed by atoms with Crippen LogP contribution in [0.5, 0.6) is 0 Å². The van der Waals surface area contributed by atoms with E-state index in [2.05, 4.69) is 9.82 Å². The molecule has 0 saturated carbocycles. The molecule has 0 aliphatic rings. The molecule has 0 aliphatic heterocycles. The summed E-state index contributed by atoms with van der Waals surface area (Å²) in [6.07, 6.45) is 0. The molecule has 0 aliphatic carbocycles. The molecular formula is C20H18N6O3S. The second-order valence-electron chi connectivity index (χ2n) is 6.31. The molecule has 2 aromatic carbocycles. The normalized spacial score (nSPS) is 11.7. The van der Waals surface area contributed by atoms with E-state index in [0.29, 0.717) is 17.0 Å². The number of anilines is 3. The second kappa shape index (κ2) is 8.10. The standard InChI is InChI=1S/C20H18N6O3S/c1-13(24-26-19(23)11-18(22)17(12-21)20(26)27)14-7-9-15(10-8-14)25-30(28,29)16-5-3-2-4-6-16/h2-11,25H,22-23H2,1H3/b24-13-. The third kappa shape index (κ3) is 4.16. The Kier molecular flexibility index (Phi) is 5.57. The van der Waals surface area contributed by atoms with Gasteiger partial charge in [0.05, 0.1) is 16.3 Å². The third-order valence-corrected chi connectivity index (χ3v) is 5.61. The maximum absolute atomic E-state index is 12.4. The number of sulfonamides is 1. The van der Waals surface area contributed by atoms with Crippen molar-refractivity contribution in [3.8, 4) is 6.07 Å². The highest BCUT2D eigenvalue weighted by Gasteiger charge is 2.14. The molecule has 0 spiro atoms. The Balaban J connectivity index is 1.89. The van der Waals surface area contributed by atoms with Crippen molar-refractivity contribution >= 4 is 32.9 Å². The number of nitrogens with zero attached hydrogens (tertiary/aromatic N) is 3. The number of hydrogen-bond donors (Lipinski definition) is 3. The van der Waals surface area contributed by atoms with Crippen LogP contribution in [0.1, 0.15) is 18.1 Å². The van der Waals surface area contributed by atoms with Gasteiger partial charge in [0.2, 0.25) is 0 Å². The van der Waals surface area contributed by atoms with Crippen molar-refractivity contribution < 1.29 is 8.42 Å². The topological polar surface area (TPSA) is 156 Å². The van der Waals surface area contributed by atoms with E-state index in [-0.39, 0.29) is 22.0 Å². The summed E-state index contributed by atoms with van der Waals surface area (Å²) in [6.45, 7) is 1.65. The largest absolute Gasteiger partial charge is 0.397 e. The van der Waals surface area contributed by atoms with Gasteiger partial charge < -0.3 is 11.5 Å². The fraction of sp³-hybridized carbons (Fsp3) is 0.0500. The van der Waals surface area contributed by atoms with Crippen LogP contribution in [0, 0.1) is 11.3 Å². The van der Waals surface area contributed by atoms with Gasteiger partial charge in [-0.25, -0.2) is 8.42 Å². The number of pyridine rings is 1. The Labute approximate surface area is 172 Å².